The second-order valence-electron chi connectivity index (χ2n) is 9.78. The third-order valence-corrected chi connectivity index (χ3v) is 9.63. The van der Waals surface area contributed by atoms with Crippen molar-refractivity contribution in [2.45, 2.75) is 0 Å². The third kappa shape index (κ3) is 3.99. The number of benzene rings is 6. The highest BCUT2D eigenvalue weighted by Crippen LogP contribution is 2.39. The standard InChI is InChI=1S/C36H22OS2/c1-3-13-33-29(11-1)31-21-25(15-17-35(31)38-33)23-7-5-9-27(19-23)37-28-10-6-8-24(20-28)26-16-18-36-32(22-26)30-12-2-4-14-34(30)39-36/h1-22H. The fourth-order valence-corrected chi connectivity index (χ4v) is 7.60. The summed E-state index contributed by atoms with van der Waals surface area (Å²) in [4.78, 5) is 0. The van der Waals surface area contributed by atoms with Gasteiger partial charge in [-0.2, -0.15) is 0 Å². The predicted molar refractivity (Wildman–Crippen MR) is 170 cm³/mol. The van der Waals surface area contributed by atoms with Gasteiger partial charge < -0.3 is 4.74 Å². The van der Waals surface area contributed by atoms with Gasteiger partial charge in [-0.3, -0.25) is 0 Å². The summed E-state index contributed by atoms with van der Waals surface area (Å²) in [6.45, 7) is 0. The first-order valence-corrected chi connectivity index (χ1v) is 14.6. The Morgan fingerprint density at radius 3 is 1.28 bits per heavy atom. The van der Waals surface area contributed by atoms with E-state index in [-0.39, 0.29) is 0 Å². The Morgan fingerprint density at radius 2 is 0.769 bits per heavy atom. The molecule has 0 aliphatic heterocycles. The molecule has 0 saturated heterocycles. The van der Waals surface area contributed by atoms with E-state index in [9.17, 15) is 0 Å². The van der Waals surface area contributed by atoms with Gasteiger partial charge in [-0.05, 0) is 82.9 Å². The minimum absolute atomic E-state index is 0.833. The number of ether oxygens (including phenoxy) is 1. The van der Waals surface area contributed by atoms with Crippen LogP contribution in [0.25, 0.3) is 62.6 Å². The molecule has 0 amide bonds. The Morgan fingerprint density at radius 1 is 0.333 bits per heavy atom. The quantitative estimate of drug-likeness (QED) is 0.218. The maximum Gasteiger partial charge on any atom is 0.128 e. The monoisotopic (exact) mass is 534 g/mol. The molecule has 1 nitrogen and oxygen atoms in total. The molecule has 0 unspecified atom stereocenters. The summed E-state index contributed by atoms with van der Waals surface area (Å²) < 4.78 is 11.7. The predicted octanol–water partition coefficient (Wildman–Crippen LogP) is 11.5. The van der Waals surface area contributed by atoms with E-state index < -0.39 is 0 Å². The van der Waals surface area contributed by atoms with Gasteiger partial charge in [0.25, 0.3) is 0 Å². The summed E-state index contributed by atoms with van der Waals surface area (Å²) in [6, 6.07) is 47.5. The van der Waals surface area contributed by atoms with Crippen molar-refractivity contribution in [1.82, 2.24) is 0 Å². The number of fused-ring (bicyclic) bond motifs is 6. The molecule has 2 aromatic heterocycles. The molecule has 0 bridgehead atoms. The van der Waals surface area contributed by atoms with Gasteiger partial charge in [0.2, 0.25) is 0 Å². The summed E-state index contributed by atoms with van der Waals surface area (Å²) in [5.41, 5.74) is 4.69. The minimum atomic E-state index is 0.833. The largest absolute Gasteiger partial charge is 0.457 e. The van der Waals surface area contributed by atoms with Crippen molar-refractivity contribution >= 4 is 63.0 Å². The van der Waals surface area contributed by atoms with Crippen molar-refractivity contribution in [3.8, 4) is 33.8 Å². The van der Waals surface area contributed by atoms with E-state index in [1.807, 2.05) is 34.8 Å². The lowest BCUT2D eigenvalue weighted by molar-refractivity contribution is 0.483. The van der Waals surface area contributed by atoms with Crippen molar-refractivity contribution in [3.05, 3.63) is 133 Å². The van der Waals surface area contributed by atoms with Crippen molar-refractivity contribution in [3.63, 3.8) is 0 Å². The molecule has 8 rings (SSSR count). The Hall–Kier alpha value is -4.44. The van der Waals surface area contributed by atoms with E-state index in [2.05, 4.69) is 121 Å². The van der Waals surface area contributed by atoms with E-state index >= 15 is 0 Å². The van der Waals surface area contributed by atoms with Crippen LogP contribution < -0.4 is 4.74 Å². The second kappa shape index (κ2) is 9.09. The summed E-state index contributed by atoms with van der Waals surface area (Å²) in [5.74, 6) is 1.67. The molecular formula is C36H22OS2. The molecule has 6 aromatic carbocycles. The van der Waals surface area contributed by atoms with Crippen LogP contribution >= 0.6 is 22.7 Å². The summed E-state index contributed by atoms with van der Waals surface area (Å²) in [5, 5.41) is 5.25. The van der Waals surface area contributed by atoms with Crippen molar-refractivity contribution in [2.24, 2.45) is 0 Å². The molecule has 8 aromatic rings. The van der Waals surface area contributed by atoms with E-state index in [4.69, 9.17) is 4.74 Å². The molecule has 0 N–H and O–H groups in total. The molecule has 0 fully saturated rings. The van der Waals surface area contributed by atoms with Crippen molar-refractivity contribution in [1.29, 1.82) is 0 Å². The normalized spacial score (nSPS) is 11.6. The van der Waals surface area contributed by atoms with Crippen LogP contribution in [0.4, 0.5) is 0 Å². The first-order valence-electron chi connectivity index (χ1n) is 13.0. The van der Waals surface area contributed by atoms with Crippen molar-refractivity contribution < 1.29 is 4.74 Å². The Kier molecular flexibility index (Phi) is 5.25. The van der Waals surface area contributed by atoms with E-state index in [1.165, 1.54) is 51.5 Å². The fourth-order valence-electron chi connectivity index (χ4n) is 5.43. The highest BCUT2D eigenvalue weighted by molar-refractivity contribution is 7.26. The molecule has 0 radical (unpaired) electrons. The molecule has 2 heterocycles. The van der Waals surface area contributed by atoms with Gasteiger partial charge in [0.05, 0.1) is 0 Å². The lowest BCUT2D eigenvalue weighted by atomic mass is 10.0. The summed E-state index contributed by atoms with van der Waals surface area (Å²) >= 11 is 3.69. The van der Waals surface area contributed by atoms with Gasteiger partial charge in [-0.1, -0.05) is 72.8 Å². The summed E-state index contributed by atoms with van der Waals surface area (Å²) in [7, 11) is 0. The van der Waals surface area contributed by atoms with Crippen LogP contribution in [0.1, 0.15) is 0 Å². The van der Waals surface area contributed by atoms with Crippen LogP contribution in [0.15, 0.2) is 133 Å². The van der Waals surface area contributed by atoms with E-state index in [0.717, 1.165) is 22.6 Å². The average Bonchev–Trinajstić information content (AvgIpc) is 3.55. The zero-order valence-electron chi connectivity index (χ0n) is 20.9. The van der Waals surface area contributed by atoms with Gasteiger partial charge >= 0.3 is 0 Å². The van der Waals surface area contributed by atoms with E-state index in [1.54, 1.807) is 0 Å². The lowest BCUT2D eigenvalue weighted by Gasteiger charge is -2.10. The number of hydrogen-bond acceptors (Lipinski definition) is 3. The Labute approximate surface area is 234 Å². The molecule has 39 heavy (non-hydrogen) atoms. The van der Waals surface area contributed by atoms with Crippen LogP contribution in [0.2, 0.25) is 0 Å². The maximum absolute atomic E-state index is 6.39. The first-order chi connectivity index (χ1) is 19.3. The molecule has 0 saturated carbocycles. The number of thiophene rings is 2. The lowest BCUT2D eigenvalue weighted by Crippen LogP contribution is -1.86. The van der Waals surface area contributed by atoms with Crippen LogP contribution in [0.3, 0.4) is 0 Å². The number of hydrogen-bond donors (Lipinski definition) is 0. The van der Waals surface area contributed by atoms with Crippen LogP contribution in [0, 0.1) is 0 Å². The summed E-state index contributed by atoms with van der Waals surface area (Å²) in [6.07, 6.45) is 0. The Bertz CT molecular complexity index is 2010. The molecule has 0 spiro atoms. The maximum atomic E-state index is 6.39. The topological polar surface area (TPSA) is 9.23 Å². The minimum Gasteiger partial charge on any atom is -0.457 e. The molecule has 184 valence electrons. The molecule has 0 atom stereocenters. The highest BCUT2D eigenvalue weighted by Gasteiger charge is 2.10. The van der Waals surface area contributed by atoms with E-state index in [0.29, 0.717) is 0 Å². The van der Waals surface area contributed by atoms with Crippen LogP contribution in [-0.4, -0.2) is 0 Å². The highest BCUT2D eigenvalue weighted by atomic mass is 32.1. The second-order valence-corrected chi connectivity index (χ2v) is 11.9. The number of rotatable bonds is 4. The van der Waals surface area contributed by atoms with Gasteiger partial charge in [0.15, 0.2) is 0 Å². The van der Waals surface area contributed by atoms with Crippen molar-refractivity contribution in [2.75, 3.05) is 0 Å². The molecule has 0 aliphatic rings. The smallest absolute Gasteiger partial charge is 0.128 e. The van der Waals surface area contributed by atoms with Crippen LogP contribution in [-0.2, 0) is 0 Å². The fraction of sp³-hybridized carbons (Fsp3) is 0. The molecule has 3 heteroatoms. The third-order valence-electron chi connectivity index (χ3n) is 7.32. The Balaban J connectivity index is 1.12. The average molecular weight is 535 g/mol. The van der Waals surface area contributed by atoms with Gasteiger partial charge in [-0.25, -0.2) is 0 Å². The molecular weight excluding hydrogens is 513 g/mol. The van der Waals surface area contributed by atoms with Crippen LogP contribution in [0.5, 0.6) is 11.5 Å². The van der Waals surface area contributed by atoms with Gasteiger partial charge in [-0.15, -0.1) is 22.7 Å². The molecule has 0 aliphatic carbocycles. The van der Waals surface area contributed by atoms with Gasteiger partial charge in [0, 0.05) is 40.3 Å². The SMILES string of the molecule is c1cc(Oc2cccc(-c3ccc4sc5ccccc5c4c3)c2)cc(-c2ccc3sc4ccccc4c3c2)c1. The first kappa shape index (κ1) is 22.5. The van der Waals surface area contributed by atoms with Gasteiger partial charge in [0.1, 0.15) is 11.5 Å². The zero-order valence-corrected chi connectivity index (χ0v) is 22.6. The zero-order chi connectivity index (χ0) is 25.8.